The van der Waals surface area contributed by atoms with Crippen LogP contribution in [0.3, 0.4) is 0 Å². The summed E-state index contributed by atoms with van der Waals surface area (Å²) in [6.45, 7) is 1.63. The topological polar surface area (TPSA) is 140 Å². The minimum atomic E-state index is -1.29. The Labute approximate surface area is 223 Å². The molecule has 2 unspecified atom stereocenters. The SMILES string of the molecule is CC(O)C(NC(=O)c1ccc(C#Cc2ccc(NC(=O)CNC3CCCCCCC3)cc2)cc1)C(=O)NO. The first-order valence-corrected chi connectivity index (χ1v) is 13.0. The number of hydrogen-bond donors (Lipinski definition) is 6. The first-order chi connectivity index (χ1) is 18.4. The molecule has 0 aromatic heterocycles. The minimum absolute atomic E-state index is 0.0632. The fourth-order valence-corrected chi connectivity index (χ4v) is 4.29. The number of amides is 3. The zero-order chi connectivity index (χ0) is 27.3. The van der Waals surface area contributed by atoms with Gasteiger partial charge in [-0.15, -0.1) is 0 Å². The highest BCUT2D eigenvalue weighted by atomic mass is 16.5. The Bertz CT molecular complexity index is 1130. The molecular formula is C29H36N4O5. The predicted molar refractivity (Wildman–Crippen MR) is 144 cm³/mol. The summed E-state index contributed by atoms with van der Waals surface area (Å²) in [6, 6.07) is 12.9. The van der Waals surface area contributed by atoms with E-state index < -0.39 is 24.0 Å². The van der Waals surface area contributed by atoms with Gasteiger partial charge in [-0.3, -0.25) is 19.6 Å². The van der Waals surface area contributed by atoms with Gasteiger partial charge in [-0.2, -0.15) is 0 Å². The molecule has 9 heteroatoms. The lowest BCUT2D eigenvalue weighted by Crippen LogP contribution is -2.51. The highest BCUT2D eigenvalue weighted by Gasteiger charge is 2.25. The molecule has 2 aromatic rings. The maximum atomic E-state index is 12.4. The molecule has 2 aromatic carbocycles. The van der Waals surface area contributed by atoms with Crippen LogP contribution in [0.1, 0.15) is 73.4 Å². The predicted octanol–water partition coefficient (Wildman–Crippen LogP) is 2.71. The second kappa shape index (κ2) is 14.9. The van der Waals surface area contributed by atoms with E-state index in [-0.39, 0.29) is 11.5 Å². The highest BCUT2D eigenvalue weighted by Crippen LogP contribution is 2.17. The van der Waals surface area contributed by atoms with Crippen molar-refractivity contribution in [1.82, 2.24) is 16.1 Å². The van der Waals surface area contributed by atoms with Gasteiger partial charge in [0.2, 0.25) is 5.91 Å². The number of anilines is 1. The fraction of sp³-hybridized carbons (Fsp3) is 0.414. The van der Waals surface area contributed by atoms with Crippen LogP contribution in [-0.2, 0) is 9.59 Å². The van der Waals surface area contributed by atoms with Crippen molar-refractivity contribution >= 4 is 23.4 Å². The third-order valence-electron chi connectivity index (χ3n) is 6.49. The highest BCUT2D eigenvalue weighted by molar-refractivity contribution is 5.97. The Hall–Kier alpha value is -3.71. The molecule has 6 N–H and O–H groups in total. The molecule has 1 aliphatic rings. The number of carbonyl (C=O) groups excluding carboxylic acids is 3. The lowest BCUT2D eigenvalue weighted by Gasteiger charge is -2.20. The Kier molecular flexibility index (Phi) is 11.3. The standard InChI is InChI=1S/C29H36N4O5/c1-20(34)27(29(37)33-38)32-28(36)23-15-11-21(12-16-23)9-10-22-13-17-25(18-14-22)31-26(35)19-30-24-7-5-3-2-4-6-8-24/h11-18,20,24,27,30,34,38H,2-8,19H2,1H3,(H,31,35)(H,32,36)(H,33,37). The van der Waals surface area contributed by atoms with Gasteiger partial charge in [-0.05, 0) is 68.3 Å². The van der Waals surface area contributed by atoms with Gasteiger partial charge in [0.15, 0.2) is 0 Å². The summed E-state index contributed by atoms with van der Waals surface area (Å²) in [4.78, 5) is 36.3. The molecule has 0 saturated heterocycles. The van der Waals surface area contributed by atoms with Gasteiger partial charge >= 0.3 is 0 Å². The number of hydroxylamine groups is 1. The van der Waals surface area contributed by atoms with Crippen LogP contribution in [0.5, 0.6) is 0 Å². The molecule has 9 nitrogen and oxygen atoms in total. The van der Waals surface area contributed by atoms with Gasteiger partial charge in [-0.1, -0.05) is 43.9 Å². The van der Waals surface area contributed by atoms with Crippen molar-refractivity contribution in [2.45, 2.75) is 70.1 Å². The van der Waals surface area contributed by atoms with E-state index >= 15 is 0 Å². The molecule has 1 aliphatic carbocycles. The zero-order valence-electron chi connectivity index (χ0n) is 21.6. The molecule has 0 spiro atoms. The average molecular weight is 521 g/mol. The zero-order valence-corrected chi connectivity index (χ0v) is 21.6. The minimum Gasteiger partial charge on any atom is -0.391 e. The van der Waals surface area contributed by atoms with E-state index in [0.717, 1.165) is 18.4 Å². The third kappa shape index (κ3) is 9.30. The first kappa shape index (κ1) is 28.9. The third-order valence-corrected chi connectivity index (χ3v) is 6.49. The number of aliphatic hydroxyl groups is 1. The summed E-state index contributed by atoms with van der Waals surface area (Å²) in [6.07, 6.45) is 7.38. The summed E-state index contributed by atoms with van der Waals surface area (Å²) in [5.41, 5.74) is 3.86. The van der Waals surface area contributed by atoms with Gasteiger partial charge < -0.3 is 21.1 Å². The molecular weight excluding hydrogens is 484 g/mol. The molecule has 3 amide bonds. The van der Waals surface area contributed by atoms with Gasteiger partial charge in [0, 0.05) is 28.4 Å². The molecule has 0 bridgehead atoms. The van der Waals surface area contributed by atoms with E-state index in [1.54, 1.807) is 24.3 Å². The molecule has 1 fully saturated rings. The van der Waals surface area contributed by atoms with Gasteiger partial charge in [0.05, 0.1) is 12.6 Å². The summed E-state index contributed by atoms with van der Waals surface area (Å²) < 4.78 is 0. The second-order valence-corrected chi connectivity index (χ2v) is 9.54. The molecule has 38 heavy (non-hydrogen) atoms. The van der Waals surface area contributed by atoms with Gasteiger partial charge in [0.1, 0.15) is 6.04 Å². The molecule has 1 saturated carbocycles. The van der Waals surface area contributed by atoms with E-state index in [1.165, 1.54) is 44.5 Å². The lowest BCUT2D eigenvalue weighted by atomic mass is 9.97. The van der Waals surface area contributed by atoms with Crippen molar-refractivity contribution in [3.63, 3.8) is 0 Å². The molecule has 202 valence electrons. The Morgan fingerprint density at radius 3 is 2.00 bits per heavy atom. The second-order valence-electron chi connectivity index (χ2n) is 9.54. The van der Waals surface area contributed by atoms with Crippen LogP contribution in [0.15, 0.2) is 48.5 Å². The number of rotatable bonds is 8. The van der Waals surface area contributed by atoms with Crippen LogP contribution < -0.4 is 21.4 Å². The van der Waals surface area contributed by atoms with Crippen LogP contribution in [0.2, 0.25) is 0 Å². The maximum absolute atomic E-state index is 12.4. The van der Waals surface area contributed by atoms with Crippen molar-refractivity contribution in [2.75, 3.05) is 11.9 Å². The number of hydrogen-bond acceptors (Lipinski definition) is 6. The lowest BCUT2D eigenvalue weighted by molar-refractivity contribution is -0.133. The maximum Gasteiger partial charge on any atom is 0.268 e. The van der Waals surface area contributed by atoms with E-state index in [0.29, 0.717) is 23.8 Å². The van der Waals surface area contributed by atoms with Crippen LogP contribution in [0.4, 0.5) is 5.69 Å². The van der Waals surface area contributed by atoms with Crippen molar-refractivity contribution in [1.29, 1.82) is 0 Å². The van der Waals surface area contributed by atoms with Gasteiger partial charge in [-0.25, -0.2) is 5.48 Å². The smallest absolute Gasteiger partial charge is 0.268 e. The van der Waals surface area contributed by atoms with Crippen molar-refractivity contribution < 1.29 is 24.7 Å². The summed E-state index contributed by atoms with van der Waals surface area (Å²) in [5, 5.41) is 27.1. The Morgan fingerprint density at radius 1 is 0.895 bits per heavy atom. The Balaban J connectivity index is 1.49. The molecule has 0 radical (unpaired) electrons. The quantitative estimate of drug-likeness (QED) is 0.180. The number of carbonyl (C=O) groups is 3. The van der Waals surface area contributed by atoms with E-state index in [9.17, 15) is 19.5 Å². The normalized spacial score (nSPS) is 15.6. The van der Waals surface area contributed by atoms with E-state index in [2.05, 4.69) is 27.8 Å². The van der Waals surface area contributed by atoms with Crippen molar-refractivity contribution in [3.8, 4) is 11.8 Å². The number of aliphatic hydroxyl groups excluding tert-OH is 1. The van der Waals surface area contributed by atoms with Crippen molar-refractivity contribution in [2.24, 2.45) is 0 Å². The van der Waals surface area contributed by atoms with Gasteiger partial charge in [0.25, 0.3) is 11.8 Å². The average Bonchev–Trinajstić information content (AvgIpc) is 2.90. The van der Waals surface area contributed by atoms with Crippen LogP contribution in [0.25, 0.3) is 0 Å². The fourth-order valence-electron chi connectivity index (χ4n) is 4.29. The monoisotopic (exact) mass is 520 g/mol. The Morgan fingerprint density at radius 2 is 1.45 bits per heavy atom. The van der Waals surface area contributed by atoms with Crippen LogP contribution >= 0.6 is 0 Å². The molecule has 2 atom stereocenters. The summed E-state index contributed by atoms with van der Waals surface area (Å²) in [5.74, 6) is 4.52. The summed E-state index contributed by atoms with van der Waals surface area (Å²) in [7, 11) is 0. The largest absolute Gasteiger partial charge is 0.391 e. The number of nitrogens with one attached hydrogen (secondary N) is 4. The van der Waals surface area contributed by atoms with E-state index in [1.807, 2.05) is 24.3 Å². The van der Waals surface area contributed by atoms with E-state index in [4.69, 9.17) is 5.21 Å². The molecule has 0 aliphatic heterocycles. The first-order valence-electron chi connectivity index (χ1n) is 13.0. The van der Waals surface area contributed by atoms with Crippen LogP contribution in [0, 0.1) is 11.8 Å². The molecule has 0 heterocycles. The summed E-state index contributed by atoms with van der Waals surface area (Å²) >= 11 is 0. The number of benzene rings is 2. The molecule has 3 rings (SSSR count). The van der Waals surface area contributed by atoms with Crippen LogP contribution in [-0.4, -0.2) is 52.8 Å². The van der Waals surface area contributed by atoms with Crippen molar-refractivity contribution in [3.05, 3.63) is 65.2 Å².